The van der Waals surface area contributed by atoms with Gasteiger partial charge in [-0.1, -0.05) is 6.92 Å². The molecule has 0 aliphatic heterocycles. The van der Waals surface area contributed by atoms with Crippen molar-refractivity contribution in [1.29, 1.82) is 0 Å². The largest absolute Gasteiger partial charge is 0.496 e. The van der Waals surface area contributed by atoms with Gasteiger partial charge in [0.25, 0.3) is 0 Å². The number of ether oxygens (including phenoxy) is 1. The van der Waals surface area contributed by atoms with Crippen LogP contribution in [0.1, 0.15) is 23.1 Å². The Bertz CT molecular complexity index is 549. The topological polar surface area (TPSA) is 48.1 Å². The van der Waals surface area contributed by atoms with E-state index in [1.807, 2.05) is 13.0 Å². The van der Waals surface area contributed by atoms with E-state index >= 15 is 0 Å². The third-order valence-electron chi connectivity index (χ3n) is 2.99. The number of aryl methyl sites for hydroxylation is 2. The summed E-state index contributed by atoms with van der Waals surface area (Å²) in [5, 5.41) is 1.03. The first-order valence-corrected chi connectivity index (χ1v) is 6.84. The average Bonchev–Trinajstić information content (AvgIpc) is 2.79. The van der Waals surface area contributed by atoms with Crippen LogP contribution in [0.2, 0.25) is 0 Å². The SMILES string of the molecule is CCc1cc(-c2nc(C)c(CN)s2)ccc1OC. The first-order valence-electron chi connectivity index (χ1n) is 6.03. The molecule has 0 fully saturated rings. The van der Waals surface area contributed by atoms with Gasteiger partial charge in [-0.3, -0.25) is 0 Å². The molecular formula is C14H18N2OS. The van der Waals surface area contributed by atoms with Gasteiger partial charge < -0.3 is 10.5 Å². The highest BCUT2D eigenvalue weighted by Crippen LogP contribution is 2.31. The summed E-state index contributed by atoms with van der Waals surface area (Å²) in [4.78, 5) is 5.73. The first kappa shape index (κ1) is 13.1. The van der Waals surface area contributed by atoms with Crippen LogP contribution in [0, 0.1) is 6.92 Å². The molecule has 2 rings (SSSR count). The third-order valence-corrected chi connectivity index (χ3v) is 4.22. The number of hydrogen-bond acceptors (Lipinski definition) is 4. The lowest BCUT2D eigenvalue weighted by molar-refractivity contribution is 0.410. The Morgan fingerprint density at radius 1 is 1.39 bits per heavy atom. The average molecular weight is 262 g/mol. The fourth-order valence-corrected chi connectivity index (χ4v) is 2.87. The van der Waals surface area contributed by atoms with Gasteiger partial charge in [0.2, 0.25) is 0 Å². The lowest BCUT2D eigenvalue weighted by atomic mass is 10.1. The molecule has 0 saturated carbocycles. The Hall–Kier alpha value is -1.39. The maximum atomic E-state index is 5.69. The molecule has 1 aromatic heterocycles. The molecule has 0 spiro atoms. The number of rotatable bonds is 4. The van der Waals surface area contributed by atoms with Crippen LogP contribution in [0.3, 0.4) is 0 Å². The van der Waals surface area contributed by atoms with Gasteiger partial charge >= 0.3 is 0 Å². The summed E-state index contributed by atoms with van der Waals surface area (Å²) < 4.78 is 5.34. The second-order valence-electron chi connectivity index (χ2n) is 4.11. The van der Waals surface area contributed by atoms with Crippen molar-refractivity contribution in [1.82, 2.24) is 4.98 Å². The van der Waals surface area contributed by atoms with E-state index in [1.54, 1.807) is 18.4 Å². The van der Waals surface area contributed by atoms with Crippen LogP contribution in [-0.2, 0) is 13.0 Å². The van der Waals surface area contributed by atoms with Crippen LogP contribution < -0.4 is 10.5 Å². The van der Waals surface area contributed by atoms with Gasteiger partial charge in [-0.05, 0) is 37.1 Å². The molecule has 3 nitrogen and oxygen atoms in total. The lowest BCUT2D eigenvalue weighted by Gasteiger charge is -2.07. The Labute approximate surface area is 112 Å². The number of methoxy groups -OCH3 is 1. The molecule has 0 aliphatic rings. The fraction of sp³-hybridized carbons (Fsp3) is 0.357. The minimum atomic E-state index is 0.556. The Morgan fingerprint density at radius 3 is 2.72 bits per heavy atom. The smallest absolute Gasteiger partial charge is 0.123 e. The summed E-state index contributed by atoms with van der Waals surface area (Å²) >= 11 is 1.67. The Kier molecular flexibility index (Phi) is 3.99. The molecule has 0 bridgehead atoms. The molecule has 96 valence electrons. The molecule has 2 aromatic rings. The number of aromatic nitrogens is 1. The van der Waals surface area contributed by atoms with Crippen LogP contribution in [0.4, 0.5) is 0 Å². The number of nitrogens with two attached hydrogens (primary N) is 1. The zero-order valence-corrected chi connectivity index (χ0v) is 11.8. The summed E-state index contributed by atoms with van der Waals surface area (Å²) in [5.41, 5.74) is 9.07. The molecule has 0 amide bonds. The molecule has 1 aromatic carbocycles. The zero-order chi connectivity index (χ0) is 13.1. The van der Waals surface area contributed by atoms with Crippen molar-refractivity contribution >= 4 is 11.3 Å². The van der Waals surface area contributed by atoms with Crippen LogP contribution in [0.5, 0.6) is 5.75 Å². The molecule has 0 aliphatic carbocycles. The summed E-state index contributed by atoms with van der Waals surface area (Å²) in [7, 11) is 1.70. The van der Waals surface area contributed by atoms with Gasteiger partial charge in [0.1, 0.15) is 10.8 Å². The van der Waals surface area contributed by atoms with Crippen LogP contribution >= 0.6 is 11.3 Å². The number of thiazole rings is 1. The molecule has 1 heterocycles. The maximum Gasteiger partial charge on any atom is 0.123 e. The van der Waals surface area contributed by atoms with Gasteiger partial charge in [0.05, 0.1) is 12.8 Å². The van der Waals surface area contributed by atoms with Crippen molar-refractivity contribution in [3.63, 3.8) is 0 Å². The van der Waals surface area contributed by atoms with Crippen LogP contribution in [0.25, 0.3) is 10.6 Å². The lowest BCUT2D eigenvalue weighted by Crippen LogP contribution is -1.94. The van der Waals surface area contributed by atoms with Crippen LogP contribution in [0.15, 0.2) is 18.2 Å². The molecule has 18 heavy (non-hydrogen) atoms. The predicted octanol–water partition coefficient (Wildman–Crippen LogP) is 3.15. The molecular weight excluding hydrogens is 244 g/mol. The van der Waals surface area contributed by atoms with Gasteiger partial charge in [-0.25, -0.2) is 4.98 Å². The second kappa shape index (κ2) is 5.50. The number of benzene rings is 1. The third kappa shape index (κ3) is 2.40. The van der Waals surface area contributed by atoms with E-state index in [1.165, 1.54) is 5.56 Å². The van der Waals surface area contributed by atoms with Crippen molar-refractivity contribution in [3.05, 3.63) is 34.3 Å². The number of nitrogens with zero attached hydrogens (tertiary/aromatic N) is 1. The standard InChI is InChI=1S/C14H18N2OS/c1-4-10-7-11(5-6-12(10)17-3)14-16-9(2)13(8-15)18-14/h5-7H,4,8,15H2,1-3H3. The minimum absolute atomic E-state index is 0.556. The minimum Gasteiger partial charge on any atom is -0.496 e. The van der Waals surface area contributed by atoms with Gasteiger partial charge in [-0.2, -0.15) is 0 Å². The summed E-state index contributed by atoms with van der Waals surface area (Å²) in [6, 6.07) is 6.21. The molecule has 4 heteroatoms. The molecule has 0 saturated heterocycles. The van der Waals surface area contributed by atoms with Gasteiger partial charge in [0.15, 0.2) is 0 Å². The quantitative estimate of drug-likeness (QED) is 0.920. The first-order chi connectivity index (χ1) is 8.69. The second-order valence-corrected chi connectivity index (χ2v) is 5.20. The Balaban J connectivity index is 2.44. The van der Waals surface area contributed by atoms with E-state index in [4.69, 9.17) is 10.5 Å². The van der Waals surface area contributed by atoms with Gasteiger partial charge in [-0.15, -0.1) is 11.3 Å². The fourth-order valence-electron chi connectivity index (χ4n) is 1.93. The van der Waals surface area contributed by atoms with E-state index in [-0.39, 0.29) is 0 Å². The summed E-state index contributed by atoms with van der Waals surface area (Å²) in [6.45, 7) is 4.69. The van der Waals surface area contributed by atoms with Crippen molar-refractivity contribution in [3.8, 4) is 16.3 Å². The van der Waals surface area contributed by atoms with E-state index in [0.29, 0.717) is 6.54 Å². The molecule has 2 N–H and O–H groups in total. The Morgan fingerprint density at radius 2 is 2.17 bits per heavy atom. The predicted molar refractivity (Wildman–Crippen MR) is 76.1 cm³/mol. The van der Waals surface area contributed by atoms with Crippen molar-refractivity contribution in [2.24, 2.45) is 5.73 Å². The van der Waals surface area contributed by atoms with E-state index in [9.17, 15) is 0 Å². The number of hydrogen-bond donors (Lipinski definition) is 1. The monoisotopic (exact) mass is 262 g/mol. The summed E-state index contributed by atoms with van der Waals surface area (Å²) in [6.07, 6.45) is 0.950. The highest BCUT2D eigenvalue weighted by atomic mass is 32.1. The normalized spacial score (nSPS) is 10.7. The highest BCUT2D eigenvalue weighted by Gasteiger charge is 2.10. The van der Waals surface area contributed by atoms with Gasteiger partial charge in [0, 0.05) is 17.0 Å². The van der Waals surface area contributed by atoms with Crippen molar-refractivity contribution in [2.75, 3.05) is 7.11 Å². The highest BCUT2D eigenvalue weighted by molar-refractivity contribution is 7.15. The van der Waals surface area contributed by atoms with Crippen molar-refractivity contribution < 1.29 is 4.74 Å². The van der Waals surface area contributed by atoms with E-state index in [2.05, 4.69) is 24.0 Å². The summed E-state index contributed by atoms with van der Waals surface area (Å²) in [5.74, 6) is 0.938. The molecule has 0 atom stereocenters. The zero-order valence-electron chi connectivity index (χ0n) is 11.0. The van der Waals surface area contributed by atoms with E-state index in [0.717, 1.165) is 33.3 Å². The molecule has 0 radical (unpaired) electrons. The van der Waals surface area contributed by atoms with Crippen LogP contribution in [-0.4, -0.2) is 12.1 Å². The van der Waals surface area contributed by atoms with Crippen molar-refractivity contribution in [2.45, 2.75) is 26.8 Å². The van der Waals surface area contributed by atoms with E-state index < -0.39 is 0 Å². The maximum absolute atomic E-state index is 5.69. The molecule has 0 unspecified atom stereocenters.